The van der Waals surface area contributed by atoms with E-state index in [2.05, 4.69) is 33.0 Å². The van der Waals surface area contributed by atoms with Crippen LogP contribution >= 0.6 is 0 Å². The lowest BCUT2D eigenvalue weighted by Gasteiger charge is -2.26. The van der Waals surface area contributed by atoms with Gasteiger partial charge in [0.25, 0.3) is 0 Å². The molecule has 122 valence electrons. The average Bonchev–Trinajstić information content (AvgIpc) is 2.43. The van der Waals surface area contributed by atoms with Crippen LogP contribution in [0.2, 0.25) is 0 Å². The third-order valence-corrected chi connectivity index (χ3v) is 4.30. The molecule has 0 saturated heterocycles. The van der Waals surface area contributed by atoms with Crippen LogP contribution in [0.15, 0.2) is 0 Å². The molecule has 0 saturated carbocycles. The highest BCUT2D eigenvalue weighted by molar-refractivity contribution is 4.74. The molecule has 0 amide bonds. The lowest BCUT2D eigenvalue weighted by Crippen LogP contribution is -2.32. The van der Waals surface area contributed by atoms with E-state index in [-0.39, 0.29) is 5.60 Å². The van der Waals surface area contributed by atoms with Gasteiger partial charge in [0.05, 0.1) is 5.60 Å². The second kappa shape index (κ2) is 12.6. The maximum atomic E-state index is 5.52. The summed E-state index contributed by atoms with van der Waals surface area (Å²) in [6.07, 6.45) is 13.5. The molecular weight excluding hydrogens is 246 g/mol. The number of hydrogen-bond acceptors (Lipinski definition) is 2. The Bertz CT molecular complexity index is 204. The minimum atomic E-state index is 0.0217. The van der Waals surface area contributed by atoms with Crippen molar-refractivity contribution >= 4 is 0 Å². The second-order valence-electron chi connectivity index (χ2n) is 6.67. The Balaban J connectivity index is 3.69. The fraction of sp³-hybridized carbons (Fsp3) is 1.00. The molecule has 2 nitrogen and oxygen atoms in total. The van der Waals surface area contributed by atoms with Gasteiger partial charge in [0.1, 0.15) is 0 Å². The minimum Gasteiger partial charge on any atom is -0.379 e. The molecule has 2 heteroatoms. The molecule has 0 fully saturated rings. The molecule has 0 aliphatic rings. The number of ether oxygens (including phenoxy) is 1. The molecule has 1 N–H and O–H groups in total. The summed E-state index contributed by atoms with van der Waals surface area (Å²) in [6.45, 7) is 9.93. The van der Waals surface area contributed by atoms with Crippen LogP contribution in [-0.4, -0.2) is 25.3 Å². The second-order valence-corrected chi connectivity index (χ2v) is 6.67. The molecule has 0 aromatic rings. The van der Waals surface area contributed by atoms with E-state index in [0.717, 1.165) is 13.0 Å². The van der Waals surface area contributed by atoms with Crippen LogP contribution in [0.5, 0.6) is 0 Å². The average molecular weight is 286 g/mol. The molecule has 0 radical (unpaired) electrons. The number of unbranched alkanes of at least 4 members (excludes halogenated alkanes) is 6. The van der Waals surface area contributed by atoms with Crippen molar-refractivity contribution in [1.29, 1.82) is 0 Å². The predicted octanol–water partition coefficient (Wildman–Crippen LogP) is 5.31. The van der Waals surface area contributed by atoms with Gasteiger partial charge in [-0.05, 0) is 39.7 Å². The molecule has 0 aliphatic carbocycles. The Hall–Kier alpha value is -0.0800. The van der Waals surface area contributed by atoms with Crippen LogP contribution < -0.4 is 5.32 Å². The van der Waals surface area contributed by atoms with Gasteiger partial charge in [-0.3, -0.25) is 0 Å². The molecule has 1 unspecified atom stereocenters. The fourth-order valence-corrected chi connectivity index (χ4v) is 2.61. The molecule has 0 aromatic heterocycles. The summed E-state index contributed by atoms with van der Waals surface area (Å²) in [7, 11) is 1.82. The van der Waals surface area contributed by atoms with Crippen molar-refractivity contribution in [3.63, 3.8) is 0 Å². The first-order valence-electron chi connectivity index (χ1n) is 8.84. The summed E-state index contributed by atoms with van der Waals surface area (Å²) in [5.74, 6) is 0. The monoisotopic (exact) mass is 285 g/mol. The SMILES string of the molecule is CCCCCCCCCC(CCC(C)(C)OC)NCC. The molecule has 0 heterocycles. The van der Waals surface area contributed by atoms with Gasteiger partial charge in [-0.15, -0.1) is 0 Å². The van der Waals surface area contributed by atoms with Crippen molar-refractivity contribution < 1.29 is 4.74 Å². The first-order chi connectivity index (χ1) is 9.55. The lowest BCUT2D eigenvalue weighted by molar-refractivity contribution is 0.0115. The van der Waals surface area contributed by atoms with Gasteiger partial charge in [-0.1, -0.05) is 58.8 Å². The van der Waals surface area contributed by atoms with Crippen LogP contribution in [0, 0.1) is 0 Å². The largest absolute Gasteiger partial charge is 0.379 e. The molecule has 20 heavy (non-hydrogen) atoms. The maximum Gasteiger partial charge on any atom is 0.0623 e. The van der Waals surface area contributed by atoms with E-state index >= 15 is 0 Å². The van der Waals surface area contributed by atoms with Crippen LogP contribution in [0.4, 0.5) is 0 Å². The summed E-state index contributed by atoms with van der Waals surface area (Å²) in [5.41, 5.74) is 0.0217. The Morgan fingerprint density at radius 2 is 1.50 bits per heavy atom. The molecule has 0 aromatic carbocycles. The van der Waals surface area contributed by atoms with Crippen molar-refractivity contribution in [2.24, 2.45) is 0 Å². The minimum absolute atomic E-state index is 0.0217. The van der Waals surface area contributed by atoms with Gasteiger partial charge in [-0.2, -0.15) is 0 Å². The fourth-order valence-electron chi connectivity index (χ4n) is 2.61. The number of rotatable bonds is 14. The molecule has 0 rings (SSSR count). The molecule has 0 aliphatic heterocycles. The lowest BCUT2D eigenvalue weighted by atomic mass is 9.95. The van der Waals surface area contributed by atoms with E-state index in [9.17, 15) is 0 Å². The summed E-state index contributed by atoms with van der Waals surface area (Å²) in [6, 6.07) is 0.671. The van der Waals surface area contributed by atoms with E-state index in [1.165, 1.54) is 57.8 Å². The Morgan fingerprint density at radius 1 is 0.900 bits per heavy atom. The van der Waals surface area contributed by atoms with Crippen molar-refractivity contribution in [1.82, 2.24) is 5.32 Å². The third-order valence-electron chi connectivity index (χ3n) is 4.30. The van der Waals surface area contributed by atoms with Crippen molar-refractivity contribution in [3.8, 4) is 0 Å². The first kappa shape index (κ1) is 19.9. The Kier molecular flexibility index (Phi) is 12.6. The van der Waals surface area contributed by atoms with Crippen LogP contribution in [0.25, 0.3) is 0 Å². The summed E-state index contributed by atoms with van der Waals surface area (Å²) in [4.78, 5) is 0. The number of methoxy groups -OCH3 is 1. The highest BCUT2D eigenvalue weighted by Gasteiger charge is 2.18. The van der Waals surface area contributed by atoms with Gasteiger partial charge in [-0.25, -0.2) is 0 Å². The zero-order valence-corrected chi connectivity index (χ0v) is 14.8. The zero-order valence-electron chi connectivity index (χ0n) is 14.8. The smallest absolute Gasteiger partial charge is 0.0623 e. The normalized spacial score (nSPS) is 13.7. The Morgan fingerprint density at radius 3 is 2.05 bits per heavy atom. The third kappa shape index (κ3) is 11.7. The first-order valence-corrected chi connectivity index (χ1v) is 8.84. The van der Waals surface area contributed by atoms with Crippen molar-refractivity contribution in [2.45, 2.75) is 104 Å². The van der Waals surface area contributed by atoms with Gasteiger partial charge in [0.15, 0.2) is 0 Å². The van der Waals surface area contributed by atoms with Gasteiger partial charge >= 0.3 is 0 Å². The standard InChI is InChI=1S/C18H39NO/c1-6-8-9-10-11-12-13-14-17(19-7-2)15-16-18(3,4)20-5/h17,19H,6-16H2,1-5H3. The molecule has 0 spiro atoms. The van der Waals surface area contributed by atoms with Gasteiger partial charge < -0.3 is 10.1 Å². The molecule has 0 bridgehead atoms. The van der Waals surface area contributed by atoms with Crippen LogP contribution in [0.3, 0.4) is 0 Å². The maximum absolute atomic E-state index is 5.52. The van der Waals surface area contributed by atoms with Crippen molar-refractivity contribution in [3.05, 3.63) is 0 Å². The summed E-state index contributed by atoms with van der Waals surface area (Å²) in [5, 5.41) is 3.63. The Labute approximate surface area is 128 Å². The van der Waals surface area contributed by atoms with E-state index < -0.39 is 0 Å². The number of nitrogens with one attached hydrogen (secondary N) is 1. The quantitative estimate of drug-likeness (QED) is 0.437. The topological polar surface area (TPSA) is 21.3 Å². The van der Waals surface area contributed by atoms with Crippen LogP contribution in [0.1, 0.15) is 91.9 Å². The highest BCUT2D eigenvalue weighted by atomic mass is 16.5. The highest BCUT2D eigenvalue weighted by Crippen LogP contribution is 2.19. The van der Waals surface area contributed by atoms with E-state index in [1.807, 2.05) is 7.11 Å². The molecular formula is C18H39NO. The summed E-state index contributed by atoms with van der Waals surface area (Å²) < 4.78 is 5.52. The summed E-state index contributed by atoms with van der Waals surface area (Å²) >= 11 is 0. The van der Waals surface area contributed by atoms with Crippen LogP contribution in [-0.2, 0) is 4.74 Å². The molecule has 1 atom stereocenters. The van der Waals surface area contributed by atoms with E-state index in [4.69, 9.17) is 4.74 Å². The predicted molar refractivity (Wildman–Crippen MR) is 90.4 cm³/mol. The van der Waals surface area contributed by atoms with E-state index in [1.54, 1.807) is 0 Å². The van der Waals surface area contributed by atoms with Gasteiger partial charge in [0, 0.05) is 13.2 Å². The van der Waals surface area contributed by atoms with E-state index in [0.29, 0.717) is 6.04 Å². The number of hydrogen-bond donors (Lipinski definition) is 1. The van der Waals surface area contributed by atoms with Crippen molar-refractivity contribution in [2.75, 3.05) is 13.7 Å². The zero-order chi connectivity index (χ0) is 15.3. The van der Waals surface area contributed by atoms with Gasteiger partial charge in [0.2, 0.25) is 0 Å².